The van der Waals surface area contributed by atoms with Crippen molar-refractivity contribution in [1.29, 1.82) is 0 Å². The summed E-state index contributed by atoms with van der Waals surface area (Å²) in [5.74, 6) is 0.345. The molecule has 150 valence electrons. The number of nitrogen functional groups attached to an aromatic ring is 1. The van der Waals surface area contributed by atoms with Crippen molar-refractivity contribution in [3.05, 3.63) is 64.1 Å². The number of hydrogen-bond donors (Lipinski definition) is 2. The fourth-order valence-corrected chi connectivity index (χ4v) is 3.71. The molecule has 1 aliphatic rings. The van der Waals surface area contributed by atoms with E-state index >= 15 is 0 Å². The Balaban J connectivity index is 1.51. The number of rotatable bonds is 4. The average Bonchev–Trinajstić information content (AvgIpc) is 3.17. The summed E-state index contributed by atoms with van der Waals surface area (Å²) in [6.07, 6.45) is 2.41. The van der Waals surface area contributed by atoms with Gasteiger partial charge in [-0.05, 0) is 37.7 Å². The van der Waals surface area contributed by atoms with Crippen molar-refractivity contribution in [2.45, 2.75) is 19.0 Å². The van der Waals surface area contributed by atoms with Crippen LogP contribution in [0.1, 0.15) is 22.6 Å². The summed E-state index contributed by atoms with van der Waals surface area (Å²) >= 11 is 0. The first-order valence-electron chi connectivity index (χ1n) is 9.30. The molecule has 1 aliphatic heterocycles. The molecule has 1 unspecified atom stereocenters. The number of aromatic nitrogens is 3. The van der Waals surface area contributed by atoms with Crippen LogP contribution < -0.4 is 11.3 Å². The Morgan fingerprint density at radius 3 is 3.00 bits per heavy atom. The predicted octanol–water partition coefficient (Wildman–Crippen LogP) is 1.39. The van der Waals surface area contributed by atoms with Gasteiger partial charge in [-0.3, -0.25) is 14.5 Å². The molecule has 0 spiro atoms. The predicted molar refractivity (Wildman–Crippen MR) is 107 cm³/mol. The lowest BCUT2D eigenvalue weighted by Gasteiger charge is -2.24. The van der Waals surface area contributed by atoms with Crippen molar-refractivity contribution in [3.63, 3.8) is 0 Å². The smallest absolute Gasteiger partial charge is 0.254 e. The molecule has 8 nitrogen and oxygen atoms in total. The number of pyridine rings is 1. The zero-order valence-corrected chi connectivity index (χ0v) is 15.9. The van der Waals surface area contributed by atoms with Gasteiger partial charge in [0.1, 0.15) is 17.5 Å². The Bertz CT molecular complexity index is 1130. The maximum atomic E-state index is 13.5. The van der Waals surface area contributed by atoms with E-state index in [2.05, 4.69) is 19.9 Å². The van der Waals surface area contributed by atoms with E-state index in [4.69, 9.17) is 5.73 Å². The van der Waals surface area contributed by atoms with Crippen LogP contribution in [0.2, 0.25) is 0 Å². The number of hydrogen-bond acceptors (Lipinski definition) is 6. The highest BCUT2D eigenvalue weighted by Crippen LogP contribution is 2.22. The third-order valence-electron chi connectivity index (χ3n) is 5.23. The van der Waals surface area contributed by atoms with Crippen LogP contribution in [0, 0.1) is 5.82 Å². The second-order valence-electron chi connectivity index (χ2n) is 7.24. The highest BCUT2D eigenvalue weighted by atomic mass is 19.1. The molecule has 0 aliphatic carbocycles. The van der Waals surface area contributed by atoms with Crippen LogP contribution in [0.15, 0.2) is 41.3 Å². The summed E-state index contributed by atoms with van der Waals surface area (Å²) in [7, 11) is 1.95. The third-order valence-corrected chi connectivity index (χ3v) is 5.23. The summed E-state index contributed by atoms with van der Waals surface area (Å²) in [5.41, 5.74) is 5.87. The summed E-state index contributed by atoms with van der Waals surface area (Å²) in [6.45, 7) is 1.61. The summed E-state index contributed by atoms with van der Waals surface area (Å²) in [5, 5.41) is 0.529. The molecule has 3 aromatic rings. The fourth-order valence-electron chi connectivity index (χ4n) is 3.71. The van der Waals surface area contributed by atoms with Crippen molar-refractivity contribution in [1.82, 2.24) is 24.8 Å². The molecule has 3 heterocycles. The monoisotopic (exact) mass is 396 g/mol. The maximum absolute atomic E-state index is 13.5. The number of halogens is 1. The summed E-state index contributed by atoms with van der Waals surface area (Å²) in [6, 6.07) is 7.07. The number of fused-ring (bicyclic) bond motifs is 1. The number of aromatic amines is 1. The van der Waals surface area contributed by atoms with Crippen LogP contribution in [0.4, 0.5) is 10.2 Å². The van der Waals surface area contributed by atoms with Crippen molar-refractivity contribution < 1.29 is 9.18 Å². The van der Waals surface area contributed by atoms with Crippen LogP contribution in [-0.2, 0) is 6.54 Å². The van der Waals surface area contributed by atoms with Crippen molar-refractivity contribution in [2.24, 2.45) is 0 Å². The number of carbonyl (C=O) groups is 1. The van der Waals surface area contributed by atoms with Gasteiger partial charge in [-0.15, -0.1) is 0 Å². The molecule has 1 atom stereocenters. The number of anilines is 1. The molecule has 29 heavy (non-hydrogen) atoms. The van der Waals surface area contributed by atoms with Gasteiger partial charge >= 0.3 is 0 Å². The maximum Gasteiger partial charge on any atom is 0.254 e. The topological polar surface area (TPSA) is 108 Å². The molecule has 1 aromatic carbocycles. The zero-order valence-electron chi connectivity index (χ0n) is 15.9. The summed E-state index contributed by atoms with van der Waals surface area (Å²) < 4.78 is 13.5. The molecule has 2 aromatic heterocycles. The van der Waals surface area contributed by atoms with E-state index in [-0.39, 0.29) is 17.5 Å². The Hall–Kier alpha value is -3.33. The zero-order chi connectivity index (χ0) is 20.5. The Morgan fingerprint density at radius 1 is 1.38 bits per heavy atom. The molecule has 1 saturated heterocycles. The first-order chi connectivity index (χ1) is 13.9. The molecular weight excluding hydrogens is 375 g/mol. The normalized spacial score (nSPS) is 16.7. The number of amides is 1. The van der Waals surface area contributed by atoms with Gasteiger partial charge in [0.15, 0.2) is 0 Å². The first kappa shape index (κ1) is 19.0. The van der Waals surface area contributed by atoms with E-state index in [1.54, 1.807) is 17.2 Å². The largest absolute Gasteiger partial charge is 0.384 e. The molecule has 1 fully saturated rings. The number of likely N-dealkylation sites (tertiary alicyclic amines) is 1. The summed E-state index contributed by atoms with van der Waals surface area (Å²) in [4.78, 5) is 39.9. The molecular formula is C20H21FN6O2. The Labute approximate surface area is 166 Å². The van der Waals surface area contributed by atoms with Crippen LogP contribution >= 0.6 is 0 Å². The van der Waals surface area contributed by atoms with E-state index in [0.717, 1.165) is 6.42 Å². The third kappa shape index (κ3) is 3.95. The second kappa shape index (κ2) is 7.59. The minimum Gasteiger partial charge on any atom is -0.384 e. The number of nitrogens with one attached hydrogen (secondary N) is 1. The number of benzene rings is 1. The molecule has 0 bridgehead atoms. The SMILES string of the molecule is CN(Cc1nccc(N)n1)C1CCN(C(=O)c2cc(=O)[nH]c3cc(F)ccc23)C1. The fraction of sp³-hybridized carbons (Fsp3) is 0.300. The lowest BCUT2D eigenvalue weighted by atomic mass is 10.1. The minimum absolute atomic E-state index is 0.134. The molecule has 0 saturated carbocycles. The van der Waals surface area contributed by atoms with Gasteiger partial charge in [-0.25, -0.2) is 14.4 Å². The van der Waals surface area contributed by atoms with Crippen LogP contribution in [0.5, 0.6) is 0 Å². The van der Waals surface area contributed by atoms with Gasteiger partial charge < -0.3 is 15.6 Å². The highest BCUT2D eigenvalue weighted by Gasteiger charge is 2.30. The van der Waals surface area contributed by atoms with E-state index in [9.17, 15) is 14.0 Å². The first-order valence-corrected chi connectivity index (χ1v) is 9.30. The van der Waals surface area contributed by atoms with Crippen molar-refractivity contribution in [3.8, 4) is 0 Å². The van der Waals surface area contributed by atoms with Gasteiger partial charge in [0.2, 0.25) is 5.56 Å². The molecule has 9 heteroatoms. The van der Waals surface area contributed by atoms with Gasteiger partial charge in [-0.2, -0.15) is 0 Å². The number of nitrogens with zero attached hydrogens (tertiary/aromatic N) is 4. The van der Waals surface area contributed by atoms with E-state index in [0.29, 0.717) is 42.2 Å². The Kier molecular flexibility index (Phi) is 4.98. The number of H-pyrrole nitrogens is 1. The van der Waals surface area contributed by atoms with E-state index < -0.39 is 11.4 Å². The molecule has 1 amide bonds. The van der Waals surface area contributed by atoms with E-state index in [1.165, 1.54) is 24.3 Å². The van der Waals surface area contributed by atoms with Crippen LogP contribution in [-0.4, -0.2) is 56.8 Å². The number of carbonyl (C=O) groups excluding carboxylic acids is 1. The Morgan fingerprint density at radius 2 is 2.21 bits per heavy atom. The van der Waals surface area contributed by atoms with Crippen molar-refractivity contribution in [2.75, 3.05) is 25.9 Å². The van der Waals surface area contributed by atoms with Crippen LogP contribution in [0.25, 0.3) is 10.9 Å². The van der Waals surface area contributed by atoms with Crippen LogP contribution in [0.3, 0.4) is 0 Å². The van der Waals surface area contributed by atoms with Gasteiger partial charge in [0.05, 0.1) is 17.6 Å². The lowest BCUT2D eigenvalue weighted by molar-refractivity contribution is 0.0781. The van der Waals surface area contributed by atoms with Gasteiger partial charge in [0, 0.05) is 36.8 Å². The second-order valence-corrected chi connectivity index (χ2v) is 7.24. The van der Waals surface area contributed by atoms with Crippen molar-refractivity contribution >= 4 is 22.6 Å². The van der Waals surface area contributed by atoms with Gasteiger partial charge in [0.25, 0.3) is 5.91 Å². The highest BCUT2D eigenvalue weighted by molar-refractivity contribution is 6.06. The lowest BCUT2D eigenvalue weighted by Crippen LogP contribution is -2.36. The molecule has 0 radical (unpaired) electrons. The number of likely N-dealkylation sites (N-methyl/N-ethyl adjacent to an activating group) is 1. The van der Waals surface area contributed by atoms with Gasteiger partial charge in [-0.1, -0.05) is 0 Å². The number of nitrogens with two attached hydrogens (primary N) is 1. The minimum atomic E-state index is -0.468. The standard InChI is InChI=1S/C20H21FN6O2/c1-26(11-18-23-6-4-17(22)25-18)13-5-7-27(10-13)20(29)15-9-19(28)24-16-8-12(21)2-3-14(15)16/h2-4,6,8-9,13H,5,7,10-11H2,1H3,(H,24,28)(H2,22,23,25). The molecule has 3 N–H and O–H groups in total. The van der Waals surface area contributed by atoms with E-state index in [1.807, 2.05) is 7.05 Å². The average molecular weight is 396 g/mol. The molecule has 4 rings (SSSR count). The quantitative estimate of drug-likeness (QED) is 0.690.